The van der Waals surface area contributed by atoms with Gasteiger partial charge in [0, 0.05) is 18.3 Å². The van der Waals surface area contributed by atoms with Crippen LogP contribution in [0.3, 0.4) is 0 Å². The van der Waals surface area contributed by atoms with Crippen LogP contribution in [0.5, 0.6) is 0 Å². The number of halogens is 3. The molecule has 21 heavy (non-hydrogen) atoms. The summed E-state index contributed by atoms with van der Waals surface area (Å²) >= 11 is 0. The van der Waals surface area contributed by atoms with Crippen LogP contribution < -0.4 is 10.6 Å². The van der Waals surface area contributed by atoms with E-state index in [-0.39, 0.29) is 5.69 Å². The van der Waals surface area contributed by atoms with Gasteiger partial charge in [-0.25, -0.2) is 0 Å². The zero-order valence-electron chi connectivity index (χ0n) is 11.7. The molecule has 116 valence electrons. The number of hydrogen-bond donors (Lipinski definition) is 2. The maximum absolute atomic E-state index is 12.2. The number of benzene rings is 1. The highest BCUT2D eigenvalue weighted by atomic mass is 19.4. The van der Waals surface area contributed by atoms with E-state index in [0.717, 1.165) is 18.4 Å². The van der Waals surface area contributed by atoms with Crippen molar-refractivity contribution < 1.29 is 18.0 Å². The van der Waals surface area contributed by atoms with E-state index in [1.165, 1.54) is 25.3 Å². The van der Waals surface area contributed by atoms with Crippen LogP contribution in [0.2, 0.25) is 0 Å². The zero-order valence-corrected chi connectivity index (χ0v) is 11.7. The maximum Gasteiger partial charge on any atom is 0.471 e. The summed E-state index contributed by atoms with van der Waals surface area (Å²) in [6, 6.07) is 6.98. The molecule has 6 heteroatoms. The first-order chi connectivity index (χ1) is 9.95. The summed E-state index contributed by atoms with van der Waals surface area (Å²) in [5, 5.41) is 5.28. The lowest BCUT2D eigenvalue weighted by Gasteiger charge is -2.23. The van der Waals surface area contributed by atoms with Gasteiger partial charge < -0.3 is 10.6 Å². The third kappa shape index (κ3) is 5.04. The fraction of sp³-hybridized carbons (Fsp3) is 0.533. The van der Waals surface area contributed by atoms with E-state index >= 15 is 0 Å². The summed E-state index contributed by atoms with van der Waals surface area (Å²) < 4.78 is 36.6. The lowest BCUT2D eigenvalue weighted by molar-refractivity contribution is -0.167. The molecular formula is C15H19F3N2O. The van der Waals surface area contributed by atoms with Crippen molar-refractivity contribution >= 4 is 11.6 Å². The number of carbonyl (C=O) groups is 1. The summed E-state index contributed by atoms with van der Waals surface area (Å²) in [6.07, 6.45) is 1.14. The standard InChI is InChI=1S/C15H19F3N2O/c16-15(17,18)14(21)20-13-8-4-5-11(9-13)10-19-12-6-2-1-3-7-12/h4-5,8-9,12,19H,1-3,6-7,10H2,(H,20,21). The molecule has 1 amide bonds. The Morgan fingerprint density at radius 2 is 1.90 bits per heavy atom. The number of nitrogens with one attached hydrogen (secondary N) is 2. The average molecular weight is 300 g/mol. The van der Waals surface area contributed by atoms with Gasteiger partial charge in [0.25, 0.3) is 0 Å². The topological polar surface area (TPSA) is 41.1 Å². The largest absolute Gasteiger partial charge is 0.471 e. The van der Waals surface area contributed by atoms with Gasteiger partial charge in [0.15, 0.2) is 0 Å². The minimum absolute atomic E-state index is 0.167. The van der Waals surface area contributed by atoms with Gasteiger partial charge in [-0.2, -0.15) is 13.2 Å². The van der Waals surface area contributed by atoms with Gasteiger partial charge in [-0.1, -0.05) is 31.4 Å². The molecule has 1 saturated carbocycles. The summed E-state index contributed by atoms with van der Waals surface area (Å²) in [5.74, 6) is -1.94. The van der Waals surface area contributed by atoms with Crippen LogP contribution in [0.15, 0.2) is 24.3 Å². The Kier molecular flexibility index (Phi) is 5.22. The van der Waals surface area contributed by atoms with E-state index in [1.807, 2.05) is 11.4 Å². The van der Waals surface area contributed by atoms with Gasteiger partial charge in [-0.05, 0) is 30.5 Å². The predicted molar refractivity (Wildman–Crippen MR) is 74.8 cm³/mol. The number of hydrogen-bond acceptors (Lipinski definition) is 2. The lowest BCUT2D eigenvalue weighted by atomic mass is 9.95. The van der Waals surface area contributed by atoms with Crippen molar-refractivity contribution in [3.63, 3.8) is 0 Å². The Morgan fingerprint density at radius 1 is 1.19 bits per heavy atom. The number of amides is 1. The first kappa shape index (κ1) is 15.8. The molecule has 0 unspecified atom stereocenters. The summed E-state index contributed by atoms with van der Waals surface area (Å²) in [5.41, 5.74) is 1.03. The van der Waals surface area contributed by atoms with Gasteiger partial charge >= 0.3 is 12.1 Å². The fourth-order valence-corrected chi connectivity index (χ4v) is 2.53. The molecule has 1 fully saturated rings. The van der Waals surface area contributed by atoms with E-state index in [1.54, 1.807) is 12.1 Å². The van der Waals surface area contributed by atoms with Gasteiger partial charge in [-0.3, -0.25) is 4.79 Å². The van der Waals surface area contributed by atoms with E-state index in [9.17, 15) is 18.0 Å². The Hall–Kier alpha value is -1.56. The molecule has 1 aromatic rings. The summed E-state index contributed by atoms with van der Waals surface area (Å²) in [6.45, 7) is 0.598. The normalized spacial score (nSPS) is 16.7. The van der Waals surface area contributed by atoms with Crippen LogP contribution in [-0.4, -0.2) is 18.1 Å². The molecule has 0 aromatic heterocycles. The zero-order chi connectivity index (χ0) is 15.3. The number of rotatable bonds is 4. The van der Waals surface area contributed by atoms with Crippen LogP contribution in [0, 0.1) is 0 Å². The molecule has 0 heterocycles. The van der Waals surface area contributed by atoms with E-state index in [0.29, 0.717) is 12.6 Å². The average Bonchev–Trinajstić information content (AvgIpc) is 2.46. The second kappa shape index (κ2) is 6.93. The highest BCUT2D eigenvalue weighted by molar-refractivity contribution is 5.94. The second-order valence-corrected chi connectivity index (χ2v) is 5.37. The van der Waals surface area contributed by atoms with Crippen molar-refractivity contribution in [2.24, 2.45) is 0 Å². The molecular weight excluding hydrogens is 281 g/mol. The molecule has 0 spiro atoms. The van der Waals surface area contributed by atoms with E-state index in [2.05, 4.69) is 5.32 Å². The van der Waals surface area contributed by atoms with Crippen molar-refractivity contribution in [1.29, 1.82) is 0 Å². The quantitative estimate of drug-likeness (QED) is 0.892. The van der Waals surface area contributed by atoms with E-state index in [4.69, 9.17) is 0 Å². The van der Waals surface area contributed by atoms with Gasteiger partial charge in [0.1, 0.15) is 0 Å². The van der Waals surface area contributed by atoms with Crippen LogP contribution in [0.1, 0.15) is 37.7 Å². The van der Waals surface area contributed by atoms with Gasteiger partial charge in [-0.15, -0.1) is 0 Å². The number of anilines is 1. The lowest BCUT2D eigenvalue weighted by Crippen LogP contribution is -2.31. The van der Waals surface area contributed by atoms with Crippen LogP contribution in [0.4, 0.5) is 18.9 Å². The highest BCUT2D eigenvalue weighted by Gasteiger charge is 2.38. The molecule has 0 saturated heterocycles. The summed E-state index contributed by atoms with van der Waals surface area (Å²) in [4.78, 5) is 10.9. The molecule has 0 radical (unpaired) electrons. The van der Waals surface area contributed by atoms with Crippen molar-refractivity contribution in [3.8, 4) is 0 Å². The molecule has 0 aliphatic heterocycles. The SMILES string of the molecule is O=C(Nc1cccc(CNC2CCCCC2)c1)C(F)(F)F. The smallest absolute Gasteiger partial charge is 0.318 e. The molecule has 1 aromatic carbocycles. The predicted octanol–water partition coefficient (Wildman–Crippen LogP) is 3.61. The monoisotopic (exact) mass is 300 g/mol. The molecule has 2 N–H and O–H groups in total. The minimum atomic E-state index is -4.86. The molecule has 0 bridgehead atoms. The number of carbonyl (C=O) groups excluding carboxylic acids is 1. The Morgan fingerprint density at radius 3 is 2.57 bits per heavy atom. The molecule has 1 aliphatic rings. The van der Waals surface area contributed by atoms with Crippen molar-refractivity contribution in [2.75, 3.05) is 5.32 Å². The van der Waals surface area contributed by atoms with E-state index < -0.39 is 12.1 Å². The van der Waals surface area contributed by atoms with Crippen molar-refractivity contribution in [3.05, 3.63) is 29.8 Å². The first-order valence-electron chi connectivity index (χ1n) is 7.15. The second-order valence-electron chi connectivity index (χ2n) is 5.37. The van der Waals surface area contributed by atoms with Gasteiger partial charge in [0.2, 0.25) is 0 Å². The molecule has 0 atom stereocenters. The molecule has 3 nitrogen and oxygen atoms in total. The maximum atomic E-state index is 12.2. The third-order valence-corrected chi connectivity index (χ3v) is 3.64. The minimum Gasteiger partial charge on any atom is -0.318 e. The van der Waals surface area contributed by atoms with Crippen LogP contribution in [-0.2, 0) is 11.3 Å². The Bertz CT molecular complexity index is 482. The number of alkyl halides is 3. The molecule has 2 rings (SSSR count). The highest BCUT2D eigenvalue weighted by Crippen LogP contribution is 2.20. The van der Waals surface area contributed by atoms with Crippen molar-refractivity contribution in [1.82, 2.24) is 5.32 Å². The first-order valence-corrected chi connectivity index (χ1v) is 7.15. The molecule has 1 aliphatic carbocycles. The van der Waals surface area contributed by atoms with Gasteiger partial charge in [0.05, 0.1) is 0 Å². The van der Waals surface area contributed by atoms with Crippen molar-refractivity contribution in [2.45, 2.75) is 50.9 Å². The fourth-order valence-electron chi connectivity index (χ4n) is 2.53. The Labute approximate surface area is 121 Å². The van der Waals surface area contributed by atoms with Crippen LogP contribution >= 0.6 is 0 Å². The van der Waals surface area contributed by atoms with Crippen LogP contribution in [0.25, 0.3) is 0 Å². The summed E-state index contributed by atoms with van der Waals surface area (Å²) in [7, 11) is 0. The Balaban J connectivity index is 1.89. The third-order valence-electron chi connectivity index (χ3n) is 3.64.